The highest BCUT2D eigenvalue weighted by molar-refractivity contribution is 5.00. The molecule has 2 nitrogen and oxygen atoms in total. The predicted octanol–water partition coefficient (Wildman–Crippen LogP) is 6.09. The van der Waals surface area contributed by atoms with Crippen molar-refractivity contribution in [2.45, 2.75) is 111 Å². The molecule has 0 aliphatic heterocycles. The Balaban J connectivity index is 3.25. The van der Waals surface area contributed by atoms with Crippen LogP contribution >= 0.6 is 0 Å². The van der Waals surface area contributed by atoms with E-state index in [9.17, 15) is 10.2 Å². The highest BCUT2D eigenvalue weighted by Gasteiger charge is 2.50. The third-order valence-corrected chi connectivity index (χ3v) is 7.48. The van der Waals surface area contributed by atoms with Crippen LogP contribution in [0.5, 0.6) is 0 Å². The maximum atomic E-state index is 9.90. The molecule has 0 radical (unpaired) electrons. The molecule has 0 bridgehead atoms. The average molecular weight is 341 g/mol. The quantitative estimate of drug-likeness (QED) is 0.588. The Morgan fingerprint density at radius 3 is 1.71 bits per heavy atom. The molecule has 0 saturated heterocycles. The van der Waals surface area contributed by atoms with Gasteiger partial charge in [0.1, 0.15) is 0 Å². The molecule has 24 heavy (non-hydrogen) atoms. The van der Waals surface area contributed by atoms with Crippen molar-refractivity contribution < 1.29 is 10.2 Å². The number of hydrogen-bond donors (Lipinski definition) is 2. The Morgan fingerprint density at radius 2 is 1.25 bits per heavy atom. The van der Waals surface area contributed by atoms with Gasteiger partial charge in [-0.15, -0.1) is 0 Å². The van der Waals surface area contributed by atoms with Gasteiger partial charge in [0.2, 0.25) is 0 Å². The molecule has 2 heteroatoms. The van der Waals surface area contributed by atoms with Crippen molar-refractivity contribution >= 4 is 0 Å². The first-order chi connectivity index (χ1) is 11.7. The fourth-order valence-electron chi connectivity index (χ4n) is 6.17. The topological polar surface area (TPSA) is 40.5 Å². The van der Waals surface area contributed by atoms with E-state index < -0.39 is 0 Å². The molecule has 2 N–H and O–H groups in total. The molecule has 1 fully saturated rings. The maximum absolute atomic E-state index is 9.90. The second-order valence-electron chi connectivity index (χ2n) is 8.21. The molecular weight excluding hydrogens is 296 g/mol. The minimum Gasteiger partial charge on any atom is -0.396 e. The summed E-state index contributed by atoms with van der Waals surface area (Å²) in [4.78, 5) is 0. The molecule has 1 aliphatic carbocycles. The first kappa shape index (κ1) is 22.0. The van der Waals surface area contributed by atoms with Crippen molar-refractivity contribution in [3.63, 3.8) is 0 Å². The maximum Gasteiger partial charge on any atom is 0.0436 e. The van der Waals surface area contributed by atoms with Crippen LogP contribution in [0.3, 0.4) is 0 Å². The van der Waals surface area contributed by atoms with E-state index in [1.807, 2.05) is 0 Å². The van der Waals surface area contributed by atoms with E-state index in [2.05, 4.69) is 20.8 Å². The predicted molar refractivity (Wildman–Crippen MR) is 104 cm³/mol. The minimum atomic E-state index is 0.111. The summed E-state index contributed by atoms with van der Waals surface area (Å²) < 4.78 is 0. The van der Waals surface area contributed by atoms with E-state index in [1.54, 1.807) is 0 Å². The van der Waals surface area contributed by atoms with E-state index in [0.717, 1.165) is 18.8 Å². The van der Waals surface area contributed by atoms with Crippen LogP contribution in [0.25, 0.3) is 0 Å². The number of hydrogen-bond acceptors (Lipinski definition) is 2. The van der Waals surface area contributed by atoms with Crippen LogP contribution in [0.2, 0.25) is 0 Å². The largest absolute Gasteiger partial charge is 0.396 e. The molecule has 144 valence electrons. The van der Waals surface area contributed by atoms with Gasteiger partial charge in [-0.1, -0.05) is 72.1 Å². The molecule has 0 spiro atoms. The first-order valence-corrected chi connectivity index (χ1v) is 10.9. The van der Waals surface area contributed by atoms with Gasteiger partial charge in [0.25, 0.3) is 0 Å². The van der Waals surface area contributed by atoms with Gasteiger partial charge in [-0.2, -0.15) is 0 Å². The number of aliphatic hydroxyl groups excluding tert-OH is 2. The van der Waals surface area contributed by atoms with Crippen molar-refractivity contribution in [1.29, 1.82) is 0 Å². The van der Waals surface area contributed by atoms with Crippen LogP contribution in [0.4, 0.5) is 0 Å². The summed E-state index contributed by atoms with van der Waals surface area (Å²) >= 11 is 0. The monoisotopic (exact) mass is 340 g/mol. The third-order valence-electron chi connectivity index (χ3n) is 7.48. The van der Waals surface area contributed by atoms with E-state index in [0.29, 0.717) is 0 Å². The smallest absolute Gasteiger partial charge is 0.0436 e. The van der Waals surface area contributed by atoms with Crippen molar-refractivity contribution in [3.05, 3.63) is 0 Å². The van der Waals surface area contributed by atoms with Gasteiger partial charge in [0.15, 0.2) is 0 Å². The molecule has 1 atom stereocenters. The van der Waals surface area contributed by atoms with Gasteiger partial charge >= 0.3 is 0 Å². The van der Waals surface area contributed by atoms with Crippen LogP contribution in [-0.2, 0) is 0 Å². The SMILES string of the molecule is CCC1CCCCCCCCCC(CCO)(CCO)C1(CC)CC. The summed E-state index contributed by atoms with van der Waals surface area (Å²) in [6.45, 7) is 7.61. The molecule has 1 aliphatic rings. The van der Waals surface area contributed by atoms with Crippen molar-refractivity contribution in [2.24, 2.45) is 16.7 Å². The summed E-state index contributed by atoms with van der Waals surface area (Å²) in [6, 6.07) is 0. The lowest BCUT2D eigenvalue weighted by Crippen LogP contribution is -2.48. The van der Waals surface area contributed by atoms with E-state index in [1.165, 1.54) is 77.0 Å². The normalized spacial score (nSPS) is 25.6. The third kappa shape index (κ3) is 4.97. The lowest BCUT2D eigenvalue weighted by molar-refractivity contribution is -0.0764. The molecule has 0 heterocycles. The number of aliphatic hydroxyl groups is 2. The molecule has 1 unspecified atom stereocenters. The molecule has 1 saturated carbocycles. The van der Waals surface area contributed by atoms with E-state index in [-0.39, 0.29) is 24.0 Å². The van der Waals surface area contributed by atoms with Gasteiger partial charge in [-0.25, -0.2) is 0 Å². The van der Waals surface area contributed by atoms with E-state index in [4.69, 9.17) is 0 Å². The molecule has 0 aromatic rings. The summed E-state index contributed by atoms with van der Waals surface area (Å²) in [5.41, 5.74) is 0.381. The fourth-order valence-corrected chi connectivity index (χ4v) is 6.17. The summed E-state index contributed by atoms with van der Waals surface area (Å²) in [7, 11) is 0. The Bertz CT molecular complexity index is 303. The van der Waals surface area contributed by atoms with Crippen molar-refractivity contribution in [3.8, 4) is 0 Å². The van der Waals surface area contributed by atoms with Crippen LogP contribution < -0.4 is 0 Å². The van der Waals surface area contributed by atoms with Crippen LogP contribution in [0, 0.1) is 16.7 Å². The summed E-state index contributed by atoms with van der Waals surface area (Å²) in [5, 5.41) is 19.8. The number of rotatable bonds is 7. The second kappa shape index (κ2) is 11.5. The Kier molecular flexibility index (Phi) is 10.5. The zero-order chi connectivity index (χ0) is 17.9. The van der Waals surface area contributed by atoms with Crippen LogP contribution in [-0.4, -0.2) is 23.4 Å². The fraction of sp³-hybridized carbons (Fsp3) is 1.00. The van der Waals surface area contributed by atoms with Gasteiger partial charge in [0.05, 0.1) is 0 Å². The van der Waals surface area contributed by atoms with Crippen LogP contribution in [0.15, 0.2) is 0 Å². The van der Waals surface area contributed by atoms with Gasteiger partial charge in [-0.05, 0) is 55.3 Å². The highest BCUT2D eigenvalue weighted by atomic mass is 16.3. The Labute approximate surface area is 151 Å². The van der Waals surface area contributed by atoms with Crippen molar-refractivity contribution in [2.75, 3.05) is 13.2 Å². The standard InChI is InChI=1S/C22H44O2/c1-4-20-14-12-10-8-7-9-11-13-15-21(16-18-23,17-19-24)22(20,5-2)6-3/h20,23-24H,4-19H2,1-3H3. The first-order valence-electron chi connectivity index (χ1n) is 10.9. The second-order valence-corrected chi connectivity index (χ2v) is 8.21. The average Bonchev–Trinajstić information content (AvgIpc) is 2.59. The summed E-state index contributed by atoms with van der Waals surface area (Å²) in [5.74, 6) is 0.727. The minimum absolute atomic E-state index is 0.111. The molecular formula is C22H44O2. The van der Waals surface area contributed by atoms with Gasteiger partial charge in [0, 0.05) is 13.2 Å². The van der Waals surface area contributed by atoms with Crippen molar-refractivity contribution in [1.82, 2.24) is 0 Å². The lowest BCUT2D eigenvalue weighted by atomic mass is 9.49. The zero-order valence-electron chi connectivity index (χ0n) is 16.8. The van der Waals surface area contributed by atoms with Gasteiger partial charge in [-0.3, -0.25) is 0 Å². The Morgan fingerprint density at radius 1 is 0.750 bits per heavy atom. The Hall–Kier alpha value is -0.0800. The molecule has 0 aromatic carbocycles. The zero-order valence-corrected chi connectivity index (χ0v) is 16.8. The van der Waals surface area contributed by atoms with Crippen LogP contribution in [0.1, 0.15) is 111 Å². The molecule has 0 aromatic heterocycles. The molecule has 1 rings (SSSR count). The van der Waals surface area contributed by atoms with E-state index >= 15 is 0 Å². The van der Waals surface area contributed by atoms with Gasteiger partial charge < -0.3 is 10.2 Å². The highest BCUT2D eigenvalue weighted by Crippen LogP contribution is 2.59. The lowest BCUT2D eigenvalue weighted by Gasteiger charge is -2.55. The molecule has 0 amide bonds. The summed E-state index contributed by atoms with van der Waals surface area (Å²) in [6.07, 6.45) is 17.3.